The van der Waals surface area contributed by atoms with E-state index in [9.17, 15) is 23.2 Å². The highest BCUT2D eigenvalue weighted by Gasteiger charge is 2.23. The highest BCUT2D eigenvalue weighted by atomic mass is 19.2. The molecule has 11 heteroatoms. The third-order valence-corrected chi connectivity index (χ3v) is 5.35. The number of carbonyl (C=O) groups excluding carboxylic acids is 1. The number of hydrogen-bond donors (Lipinski definition) is 1. The number of fused-ring (bicyclic) bond motifs is 1. The first-order chi connectivity index (χ1) is 16.3. The average molecular weight is 470 g/mol. The lowest BCUT2D eigenvalue weighted by molar-refractivity contribution is -0.121. The van der Waals surface area contributed by atoms with Crippen LogP contribution in [0.25, 0.3) is 6.20 Å². The van der Waals surface area contributed by atoms with Gasteiger partial charge in [0.2, 0.25) is 11.6 Å². The number of ether oxygens (including phenoxy) is 2. The van der Waals surface area contributed by atoms with Crippen molar-refractivity contribution in [3.63, 3.8) is 0 Å². The molecule has 3 heterocycles. The molecule has 1 aliphatic heterocycles. The molecule has 0 atom stereocenters. The van der Waals surface area contributed by atoms with Crippen LogP contribution in [0.1, 0.15) is 22.4 Å². The van der Waals surface area contributed by atoms with Gasteiger partial charge in [-0.1, -0.05) is 6.07 Å². The smallest absolute Gasteiger partial charge is 0.335 e. The maximum Gasteiger partial charge on any atom is 0.335 e. The number of benzene rings is 1. The van der Waals surface area contributed by atoms with Crippen LogP contribution in [0.15, 0.2) is 51.9 Å². The zero-order valence-electron chi connectivity index (χ0n) is 18.3. The van der Waals surface area contributed by atoms with Gasteiger partial charge in [-0.15, -0.1) is 0 Å². The molecule has 1 N–H and O–H groups in total. The van der Waals surface area contributed by atoms with Gasteiger partial charge in [0.1, 0.15) is 6.61 Å². The lowest BCUT2D eigenvalue weighted by atomic mass is 10.2. The summed E-state index contributed by atoms with van der Waals surface area (Å²) in [6.45, 7) is 1.25. The summed E-state index contributed by atoms with van der Waals surface area (Å²) >= 11 is 0. The fraction of sp³-hybridized carbons (Fsp3) is 0.217. The van der Waals surface area contributed by atoms with E-state index in [0.717, 1.165) is 26.8 Å². The Morgan fingerprint density at radius 2 is 1.97 bits per heavy atom. The molecule has 0 bridgehead atoms. The van der Waals surface area contributed by atoms with Crippen LogP contribution in [0, 0.1) is 18.6 Å². The van der Waals surface area contributed by atoms with Crippen LogP contribution in [-0.2, 0) is 29.2 Å². The van der Waals surface area contributed by atoms with Crippen molar-refractivity contribution in [1.29, 1.82) is 0 Å². The van der Waals surface area contributed by atoms with Gasteiger partial charge in [0, 0.05) is 24.4 Å². The van der Waals surface area contributed by atoms with Gasteiger partial charge >= 0.3 is 5.69 Å². The molecule has 0 aliphatic carbocycles. The van der Waals surface area contributed by atoms with E-state index in [0.29, 0.717) is 11.6 Å². The topological polar surface area (TPSA) is 104 Å². The van der Waals surface area contributed by atoms with E-state index in [1.807, 2.05) is 0 Å². The van der Waals surface area contributed by atoms with Gasteiger partial charge in [-0.3, -0.25) is 18.7 Å². The van der Waals surface area contributed by atoms with Crippen molar-refractivity contribution in [2.24, 2.45) is 0 Å². The van der Waals surface area contributed by atoms with Crippen molar-refractivity contribution in [2.75, 3.05) is 7.11 Å². The third kappa shape index (κ3) is 4.45. The first kappa shape index (κ1) is 22.9. The van der Waals surface area contributed by atoms with Crippen LogP contribution >= 0.6 is 0 Å². The van der Waals surface area contributed by atoms with E-state index in [-0.39, 0.29) is 36.6 Å². The molecule has 1 aliphatic rings. The minimum absolute atomic E-state index is 0.118. The number of pyridine rings is 1. The lowest BCUT2D eigenvalue weighted by Gasteiger charge is -2.21. The minimum atomic E-state index is -1.08. The fourth-order valence-corrected chi connectivity index (χ4v) is 3.48. The molecule has 2 aromatic heterocycles. The molecule has 0 saturated carbocycles. The first-order valence-electron chi connectivity index (χ1n) is 10.2. The number of halogens is 2. The Bertz CT molecular complexity index is 1430. The van der Waals surface area contributed by atoms with Crippen LogP contribution in [0.2, 0.25) is 0 Å². The summed E-state index contributed by atoms with van der Waals surface area (Å²) in [5.74, 6) is -2.40. The molecule has 0 unspecified atom stereocenters. The largest absolute Gasteiger partial charge is 0.481 e. The zero-order valence-corrected chi connectivity index (χ0v) is 18.3. The molecule has 34 heavy (non-hydrogen) atoms. The Kier molecular flexibility index (Phi) is 6.26. The molecular weight excluding hydrogens is 450 g/mol. The quantitative estimate of drug-likeness (QED) is 0.588. The van der Waals surface area contributed by atoms with Gasteiger partial charge in [-0.25, -0.2) is 18.6 Å². The highest BCUT2D eigenvalue weighted by molar-refractivity contribution is 5.94. The first-order valence-corrected chi connectivity index (χ1v) is 10.2. The molecule has 3 aromatic rings. The zero-order chi connectivity index (χ0) is 24.4. The van der Waals surface area contributed by atoms with Crippen molar-refractivity contribution >= 4 is 12.1 Å². The summed E-state index contributed by atoms with van der Waals surface area (Å²) in [6, 6.07) is 6.50. The van der Waals surface area contributed by atoms with Crippen molar-refractivity contribution in [2.45, 2.75) is 26.6 Å². The van der Waals surface area contributed by atoms with Crippen LogP contribution in [0.5, 0.6) is 5.88 Å². The van der Waals surface area contributed by atoms with E-state index in [2.05, 4.69) is 10.3 Å². The summed E-state index contributed by atoms with van der Waals surface area (Å²) in [7, 11) is 1.48. The second-order valence-electron chi connectivity index (χ2n) is 7.54. The highest BCUT2D eigenvalue weighted by Crippen LogP contribution is 2.16. The molecule has 1 amide bonds. The SMILES string of the molecule is COc1cc(CNC(=O)C2=Cn3c(c(C)c(=O)n(Cc4ccc(F)c(F)c4)c3=O)CO2)ccn1. The number of nitrogens with one attached hydrogen (secondary N) is 1. The van der Waals surface area contributed by atoms with E-state index < -0.39 is 28.8 Å². The van der Waals surface area contributed by atoms with Crippen molar-refractivity contribution in [3.8, 4) is 5.88 Å². The number of nitrogens with zero attached hydrogens (tertiary/aromatic N) is 3. The lowest BCUT2D eigenvalue weighted by Crippen LogP contribution is -2.43. The summed E-state index contributed by atoms with van der Waals surface area (Å²) in [5, 5.41) is 2.69. The van der Waals surface area contributed by atoms with E-state index in [1.165, 1.54) is 26.3 Å². The number of carbonyl (C=O) groups is 1. The van der Waals surface area contributed by atoms with Gasteiger partial charge in [0.05, 0.1) is 25.5 Å². The monoisotopic (exact) mass is 470 g/mol. The molecule has 0 spiro atoms. The number of methoxy groups -OCH3 is 1. The predicted molar refractivity (Wildman–Crippen MR) is 117 cm³/mol. The molecule has 9 nitrogen and oxygen atoms in total. The maximum atomic E-state index is 13.6. The van der Waals surface area contributed by atoms with Crippen molar-refractivity contribution in [1.82, 2.24) is 19.4 Å². The molecule has 0 fully saturated rings. The summed E-state index contributed by atoms with van der Waals surface area (Å²) in [6.07, 6.45) is 2.75. The number of hydrogen-bond acceptors (Lipinski definition) is 6. The van der Waals surface area contributed by atoms with Crippen LogP contribution in [-0.4, -0.2) is 27.1 Å². The maximum absolute atomic E-state index is 13.6. The number of rotatable bonds is 6. The Labute approximate surface area is 191 Å². The van der Waals surface area contributed by atoms with Gasteiger partial charge in [-0.05, 0) is 36.2 Å². The number of aromatic nitrogens is 3. The Hall–Kier alpha value is -4.28. The van der Waals surface area contributed by atoms with Crippen LogP contribution < -0.4 is 21.3 Å². The second kappa shape index (κ2) is 9.30. The van der Waals surface area contributed by atoms with Gasteiger partial charge in [0.15, 0.2) is 11.6 Å². The van der Waals surface area contributed by atoms with E-state index in [1.54, 1.807) is 18.3 Å². The molecule has 0 radical (unpaired) electrons. The van der Waals surface area contributed by atoms with E-state index >= 15 is 0 Å². The standard InChI is InChI=1S/C23H20F2N4O5/c1-13-18-12-34-19(21(30)27-9-14-5-6-26-20(8-14)33-2)11-28(18)23(32)29(22(13)31)10-15-3-4-16(24)17(25)7-15/h3-8,11H,9-10,12H2,1-2H3,(H,27,30). The summed E-state index contributed by atoms with van der Waals surface area (Å²) < 4.78 is 39.4. The normalized spacial score (nSPS) is 12.4. The molecule has 0 saturated heterocycles. The molecule has 176 valence electrons. The van der Waals surface area contributed by atoms with Crippen LogP contribution in [0.4, 0.5) is 8.78 Å². The molecule has 1 aromatic carbocycles. The van der Waals surface area contributed by atoms with Gasteiger partial charge in [-0.2, -0.15) is 0 Å². The van der Waals surface area contributed by atoms with Crippen molar-refractivity contribution < 1.29 is 23.0 Å². The van der Waals surface area contributed by atoms with Crippen LogP contribution in [0.3, 0.4) is 0 Å². The number of amides is 1. The minimum Gasteiger partial charge on any atom is -0.481 e. The average Bonchev–Trinajstić information content (AvgIpc) is 2.85. The molecule has 4 rings (SSSR count). The second-order valence-corrected chi connectivity index (χ2v) is 7.54. The third-order valence-electron chi connectivity index (χ3n) is 5.35. The Balaban J connectivity index is 1.62. The van der Waals surface area contributed by atoms with Gasteiger partial charge in [0.25, 0.3) is 11.5 Å². The predicted octanol–water partition coefficient (Wildman–Crippen LogP) is 1.69. The van der Waals surface area contributed by atoms with E-state index in [4.69, 9.17) is 9.47 Å². The Morgan fingerprint density at radius 3 is 2.71 bits per heavy atom. The Morgan fingerprint density at radius 1 is 1.18 bits per heavy atom. The molecular formula is C23H20F2N4O5. The van der Waals surface area contributed by atoms with Crippen molar-refractivity contribution in [3.05, 3.63) is 97.1 Å². The summed E-state index contributed by atoms with van der Waals surface area (Å²) in [4.78, 5) is 42.4. The summed E-state index contributed by atoms with van der Waals surface area (Å²) in [5.41, 5.74) is 0.194. The fourth-order valence-electron chi connectivity index (χ4n) is 3.48. The van der Waals surface area contributed by atoms with Gasteiger partial charge < -0.3 is 14.8 Å².